The Morgan fingerprint density at radius 1 is 1.09 bits per heavy atom. The third-order valence-electron chi connectivity index (χ3n) is 6.41. The van der Waals surface area contributed by atoms with Gasteiger partial charge in [-0.25, -0.2) is 4.98 Å². The van der Waals surface area contributed by atoms with Gasteiger partial charge < -0.3 is 19.1 Å². The van der Waals surface area contributed by atoms with Crippen molar-refractivity contribution in [3.63, 3.8) is 0 Å². The summed E-state index contributed by atoms with van der Waals surface area (Å²) < 4.78 is 7.08. The number of nitrogens with zero attached hydrogens (tertiary/aromatic N) is 5. The minimum Gasteiger partial charge on any atom is -0.375 e. The molecule has 8 nitrogen and oxygen atoms in total. The van der Waals surface area contributed by atoms with Crippen molar-refractivity contribution in [2.45, 2.75) is 59.2 Å². The molecule has 1 aromatic heterocycles. The van der Waals surface area contributed by atoms with Crippen LogP contribution in [0.15, 0.2) is 30.6 Å². The lowest BCUT2D eigenvalue weighted by Crippen LogP contribution is -2.42. The monoisotopic (exact) mass is 503 g/mol. The van der Waals surface area contributed by atoms with Crippen LogP contribution >= 0.6 is 11.6 Å². The third kappa shape index (κ3) is 7.06. The number of methoxy groups -OCH3 is 1. The number of fused-ring (bicyclic) bond motifs is 1. The first-order valence-corrected chi connectivity index (χ1v) is 12.7. The number of anilines is 1. The van der Waals surface area contributed by atoms with Crippen molar-refractivity contribution in [1.82, 2.24) is 19.4 Å². The first-order chi connectivity index (χ1) is 16.7. The lowest BCUT2D eigenvalue weighted by Gasteiger charge is -2.30. The van der Waals surface area contributed by atoms with Gasteiger partial charge in [-0.1, -0.05) is 31.5 Å². The molecule has 0 radical (unpaired) electrons. The molecule has 1 aliphatic rings. The summed E-state index contributed by atoms with van der Waals surface area (Å²) in [5.41, 5.74) is 1.63. The maximum atomic E-state index is 13.6. The van der Waals surface area contributed by atoms with E-state index < -0.39 is 0 Å². The number of amides is 2. The lowest BCUT2D eigenvalue weighted by molar-refractivity contribution is -0.132. The van der Waals surface area contributed by atoms with E-state index in [2.05, 4.69) is 37.6 Å². The van der Waals surface area contributed by atoms with Gasteiger partial charge in [0.15, 0.2) is 0 Å². The SMILES string of the molecule is COCC(=O)N1CCCN(C(C)C)CCN(C(=O)Cn2ccnc2C(C)C)Cc2ccc(Cl)cc21. The minimum atomic E-state index is -0.121. The van der Waals surface area contributed by atoms with E-state index in [1.54, 1.807) is 11.1 Å². The van der Waals surface area contributed by atoms with E-state index in [9.17, 15) is 9.59 Å². The molecule has 2 heterocycles. The van der Waals surface area contributed by atoms with Gasteiger partial charge >= 0.3 is 0 Å². The summed E-state index contributed by atoms with van der Waals surface area (Å²) in [6, 6.07) is 5.88. The fraction of sp³-hybridized carbons (Fsp3) is 0.577. The maximum absolute atomic E-state index is 13.6. The molecule has 3 rings (SSSR count). The van der Waals surface area contributed by atoms with Crippen molar-refractivity contribution in [3.05, 3.63) is 47.0 Å². The molecule has 9 heteroatoms. The zero-order valence-corrected chi connectivity index (χ0v) is 22.3. The molecule has 0 atom stereocenters. The molecular formula is C26H38ClN5O3. The highest BCUT2D eigenvalue weighted by Crippen LogP contribution is 2.28. The van der Waals surface area contributed by atoms with E-state index in [1.165, 1.54) is 7.11 Å². The number of carbonyl (C=O) groups excluding carboxylic acids is 2. The van der Waals surface area contributed by atoms with Crippen LogP contribution in [0.25, 0.3) is 0 Å². The summed E-state index contributed by atoms with van der Waals surface area (Å²) in [6.07, 6.45) is 4.41. The average Bonchev–Trinajstić information content (AvgIpc) is 3.25. The molecule has 0 saturated carbocycles. The molecule has 2 aromatic rings. The second-order valence-electron chi connectivity index (χ2n) is 9.62. The maximum Gasteiger partial charge on any atom is 0.252 e. The molecular weight excluding hydrogens is 466 g/mol. The van der Waals surface area contributed by atoms with Crippen LogP contribution in [0.4, 0.5) is 5.69 Å². The van der Waals surface area contributed by atoms with Gasteiger partial charge in [-0.3, -0.25) is 14.5 Å². The van der Waals surface area contributed by atoms with Crippen molar-refractivity contribution in [3.8, 4) is 0 Å². The van der Waals surface area contributed by atoms with Crippen LogP contribution < -0.4 is 4.90 Å². The quantitative estimate of drug-likeness (QED) is 0.600. The average molecular weight is 504 g/mol. The van der Waals surface area contributed by atoms with Gasteiger partial charge in [-0.15, -0.1) is 0 Å². The lowest BCUT2D eigenvalue weighted by atomic mass is 10.1. The van der Waals surface area contributed by atoms with Gasteiger partial charge in [0.1, 0.15) is 19.0 Å². The summed E-state index contributed by atoms with van der Waals surface area (Å²) in [7, 11) is 1.52. The standard InChI is InChI=1S/C26H38ClN5O3/c1-19(2)26-28-9-12-31(26)17-24(33)30-14-13-29(20(3)4)10-6-11-32(25(34)18-35-5)23-15-22(27)8-7-21(23)16-30/h7-9,12,15,19-20H,6,10-11,13-14,16-18H2,1-5H3. The molecule has 0 saturated heterocycles. The van der Waals surface area contributed by atoms with E-state index in [4.69, 9.17) is 16.3 Å². The third-order valence-corrected chi connectivity index (χ3v) is 6.64. The fourth-order valence-electron chi connectivity index (χ4n) is 4.51. The summed E-state index contributed by atoms with van der Waals surface area (Å²) in [5.74, 6) is 1.01. The molecule has 192 valence electrons. The highest BCUT2D eigenvalue weighted by molar-refractivity contribution is 6.31. The molecule has 35 heavy (non-hydrogen) atoms. The Morgan fingerprint density at radius 3 is 2.54 bits per heavy atom. The smallest absolute Gasteiger partial charge is 0.252 e. The van der Waals surface area contributed by atoms with Crippen LogP contribution in [0.3, 0.4) is 0 Å². The van der Waals surface area contributed by atoms with Crippen molar-refractivity contribution in [2.24, 2.45) is 0 Å². The number of hydrogen-bond donors (Lipinski definition) is 0. The first-order valence-electron chi connectivity index (χ1n) is 12.3. The van der Waals surface area contributed by atoms with Gasteiger partial charge in [-0.05, 0) is 38.0 Å². The minimum absolute atomic E-state index is 0.0128. The molecule has 0 fully saturated rings. The molecule has 0 spiro atoms. The molecule has 1 aromatic carbocycles. The van der Waals surface area contributed by atoms with Gasteiger partial charge in [0.25, 0.3) is 5.91 Å². The number of ether oxygens (including phenoxy) is 1. The van der Waals surface area contributed by atoms with Gasteiger partial charge in [-0.2, -0.15) is 0 Å². The molecule has 0 bridgehead atoms. The van der Waals surface area contributed by atoms with Gasteiger partial charge in [0, 0.05) is 69.2 Å². The highest BCUT2D eigenvalue weighted by atomic mass is 35.5. The number of imidazole rings is 1. The topological polar surface area (TPSA) is 70.9 Å². The van der Waals surface area contributed by atoms with E-state index in [0.29, 0.717) is 30.7 Å². The second-order valence-corrected chi connectivity index (χ2v) is 10.1. The van der Waals surface area contributed by atoms with Gasteiger partial charge in [0.2, 0.25) is 5.91 Å². The van der Waals surface area contributed by atoms with Crippen LogP contribution in [-0.4, -0.2) is 77.1 Å². The number of hydrogen-bond acceptors (Lipinski definition) is 5. The Hall–Kier alpha value is -2.42. The number of rotatable bonds is 6. The molecule has 1 aliphatic heterocycles. The Bertz CT molecular complexity index is 1010. The van der Waals surface area contributed by atoms with E-state index in [-0.39, 0.29) is 30.9 Å². The fourth-order valence-corrected chi connectivity index (χ4v) is 4.68. The Morgan fingerprint density at radius 2 is 1.86 bits per heavy atom. The first kappa shape index (κ1) is 27.2. The zero-order valence-electron chi connectivity index (χ0n) is 21.5. The summed E-state index contributed by atoms with van der Waals surface area (Å²) >= 11 is 6.36. The number of halogens is 1. The normalized spacial score (nSPS) is 15.9. The van der Waals surface area contributed by atoms with E-state index >= 15 is 0 Å². The Balaban J connectivity index is 1.97. The van der Waals surface area contributed by atoms with Crippen LogP contribution in [0.2, 0.25) is 5.02 Å². The predicted molar refractivity (Wildman–Crippen MR) is 139 cm³/mol. The Kier molecular flexibility index (Phi) is 9.71. The van der Waals surface area contributed by atoms with E-state index in [1.807, 2.05) is 33.9 Å². The molecule has 0 unspecified atom stereocenters. The number of carbonyl (C=O) groups is 2. The van der Waals surface area contributed by atoms with Crippen molar-refractivity contribution in [2.75, 3.05) is 44.8 Å². The highest BCUT2D eigenvalue weighted by Gasteiger charge is 2.25. The van der Waals surface area contributed by atoms with E-state index in [0.717, 1.165) is 36.6 Å². The second kappa shape index (κ2) is 12.5. The predicted octanol–water partition coefficient (Wildman–Crippen LogP) is 3.78. The summed E-state index contributed by atoms with van der Waals surface area (Å²) in [5, 5.41) is 0.551. The van der Waals surface area contributed by atoms with Crippen LogP contribution in [0.1, 0.15) is 51.4 Å². The van der Waals surface area contributed by atoms with Crippen LogP contribution in [0, 0.1) is 0 Å². The molecule has 0 aliphatic carbocycles. The summed E-state index contributed by atoms with van der Waals surface area (Å²) in [4.78, 5) is 37.0. The van der Waals surface area contributed by atoms with Crippen LogP contribution in [-0.2, 0) is 27.4 Å². The largest absolute Gasteiger partial charge is 0.375 e. The number of aromatic nitrogens is 2. The van der Waals surface area contributed by atoms with Crippen molar-refractivity contribution < 1.29 is 14.3 Å². The summed E-state index contributed by atoms with van der Waals surface area (Å²) in [6.45, 7) is 11.8. The van der Waals surface area contributed by atoms with Crippen molar-refractivity contribution in [1.29, 1.82) is 0 Å². The zero-order chi connectivity index (χ0) is 25.5. The number of benzene rings is 1. The van der Waals surface area contributed by atoms with Gasteiger partial charge in [0.05, 0.1) is 5.69 Å². The van der Waals surface area contributed by atoms with Crippen LogP contribution in [0.5, 0.6) is 0 Å². The molecule has 2 amide bonds. The Labute approximate surface area is 213 Å². The molecule has 0 N–H and O–H groups in total. The van der Waals surface area contributed by atoms with Crippen molar-refractivity contribution >= 4 is 29.1 Å².